The van der Waals surface area contributed by atoms with Gasteiger partial charge in [-0.2, -0.15) is 0 Å². The maximum Gasteiger partial charge on any atom is 0.335 e. The zero-order valence-electron chi connectivity index (χ0n) is 11.9. The van der Waals surface area contributed by atoms with Crippen molar-refractivity contribution in [2.75, 3.05) is 13.2 Å². The molecule has 1 aromatic carbocycles. The zero-order chi connectivity index (χ0) is 15.1. The summed E-state index contributed by atoms with van der Waals surface area (Å²) in [5, 5.41) is 9.17. The minimum atomic E-state index is -0.943. The predicted molar refractivity (Wildman–Crippen MR) is 80.2 cm³/mol. The van der Waals surface area contributed by atoms with Gasteiger partial charge in [0, 0.05) is 31.5 Å². The molecule has 1 fully saturated rings. The van der Waals surface area contributed by atoms with Gasteiger partial charge in [0.1, 0.15) is 0 Å². The van der Waals surface area contributed by atoms with Crippen LogP contribution in [-0.4, -0.2) is 38.7 Å². The summed E-state index contributed by atoms with van der Waals surface area (Å²) in [7, 11) is 0. The summed E-state index contributed by atoms with van der Waals surface area (Å²) in [4.78, 5) is 20.4. The van der Waals surface area contributed by atoms with E-state index < -0.39 is 5.97 Å². The van der Waals surface area contributed by atoms with Gasteiger partial charge < -0.3 is 9.84 Å². The summed E-state index contributed by atoms with van der Waals surface area (Å²) in [6, 6.07) is 5.01. The van der Waals surface area contributed by atoms with Crippen molar-refractivity contribution in [3.63, 3.8) is 0 Å². The van der Waals surface area contributed by atoms with Gasteiger partial charge in [-0.3, -0.25) is 4.40 Å². The minimum Gasteiger partial charge on any atom is -0.478 e. The molecule has 1 N–H and O–H groups in total. The van der Waals surface area contributed by atoms with Gasteiger partial charge in [0.15, 0.2) is 5.65 Å². The van der Waals surface area contributed by atoms with Crippen molar-refractivity contribution in [1.29, 1.82) is 0 Å². The molecule has 0 saturated carbocycles. The molecule has 1 aliphatic rings. The van der Waals surface area contributed by atoms with Gasteiger partial charge in [-0.1, -0.05) is 0 Å². The number of hydrogen-bond donors (Lipinski definition) is 1. The van der Waals surface area contributed by atoms with Crippen LogP contribution in [0.25, 0.3) is 16.7 Å². The first-order chi connectivity index (χ1) is 10.7. The number of fused-ring (bicyclic) bond motifs is 3. The van der Waals surface area contributed by atoms with E-state index in [1.807, 2.05) is 10.6 Å². The highest BCUT2D eigenvalue weighted by Gasteiger charge is 2.22. The maximum absolute atomic E-state index is 11.2. The highest BCUT2D eigenvalue weighted by molar-refractivity contribution is 5.92. The second-order valence-electron chi connectivity index (χ2n) is 5.51. The first kappa shape index (κ1) is 13.2. The van der Waals surface area contributed by atoms with Crippen molar-refractivity contribution >= 4 is 22.6 Å². The van der Waals surface area contributed by atoms with Crippen LogP contribution in [0.4, 0.5) is 0 Å². The lowest BCUT2D eigenvalue weighted by atomic mass is 9.96. The van der Waals surface area contributed by atoms with Crippen LogP contribution in [0.15, 0.2) is 30.6 Å². The highest BCUT2D eigenvalue weighted by atomic mass is 16.5. The molecular formula is C16H15N3O3. The molecule has 2 aromatic heterocycles. The Balaban J connectivity index is 1.97. The number of carboxylic acids is 1. The Kier molecular flexibility index (Phi) is 3.04. The number of ether oxygens (including phenoxy) is 1. The smallest absolute Gasteiger partial charge is 0.335 e. The number of rotatable bonds is 2. The molecule has 22 heavy (non-hydrogen) atoms. The molecule has 1 saturated heterocycles. The van der Waals surface area contributed by atoms with Crippen LogP contribution in [0.5, 0.6) is 0 Å². The number of hydrogen-bond acceptors (Lipinski definition) is 4. The quantitative estimate of drug-likeness (QED) is 0.786. The first-order valence-electron chi connectivity index (χ1n) is 7.32. The molecule has 0 spiro atoms. The van der Waals surface area contributed by atoms with Crippen LogP contribution in [-0.2, 0) is 4.74 Å². The zero-order valence-corrected chi connectivity index (χ0v) is 11.9. The first-order valence-corrected chi connectivity index (χ1v) is 7.32. The molecule has 3 aromatic rings. The van der Waals surface area contributed by atoms with E-state index >= 15 is 0 Å². The van der Waals surface area contributed by atoms with E-state index in [0.29, 0.717) is 11.4 Å². The van der Waals surface area contributed by atoms with Gasteiger partial charge in [-0.15, -0.1) is 0 Å². The fourth-order valence-corrected chi connectivity index (χ4v) is 3.06. The van der Waals surface area contributed by atoms with Crippen LogP contribution in [0.1, 0.15) is 34.8 Å². The van der Waals surface area contributed by atoms with Gasteiger partial charge >= 0.3 is 5.97 Å². The summed E-state index contributed by atoms with van der Waals surface area (Å²) in [5.74, 6) is -0.640. The van der Waals surface area contributed by atoms with Crippen molar-refractivity contribution in [2.24, 2.45) is 0 Å². The molecule has 112 valence electrons. The largest absolute Gasteiger partial charge is 0.478 e. The van der Waals surface area contributed by atoms with E-state index in [4.69, 9.17) is 9.72 Å². The lowest BCUT2D eigenvalue weighted by Crippen LogP contribution is -2.16. The Labute approximate surface area is 126 Å². The predicted octanol–water partition coefficient (Wildman–Crippen LogP) is 2.47. The average molecular weight is 297 g/mol. The van der Waals surface area contributed by atoms with Crippen molar-refractivity contribution in [2.45, 2.75) is 18.8 Å². The molecule has 1 aliphatic heterocycles. The average Bonchev–Trinajstić information content (AvgIpc) is 3.04. The van der Waals surface area contributed by atoms with Crippen LogP contribution < -0.4 is 0 Å². The van der Waals surface area contributed by atoms with Gasteiger partial charge in [0.25, 0.3) is 0 Å². The van der Waals surface area contributed by atoms with Crippen LogP contribution in [0.2, 0.25) is 0 Å². The summed E-state index contributed by atoms with van der Waals surface area (Å²) >= 11 is 0. The number of carboxylic acid groups (broad SMARTS) is 1. The maximum atomic E-state index is 11.2. The summed E-state index contributed by atoms with van der Waals surface area (Å²) < 4.78 is 7.40. The van der Waals surface area contributed by atoms with Crippen molar-refractivity contribution < 1.29 is 14.6 Å². The summed E-state index contributed by atoms with van der Waals surface area (Å²) in [5.41, 5.74) is 3.59. The lowest BCUT2D eigenvalue weighted by molar-refractivity contribution is 0.0697. The van der Waals surface area contributed by atoms with E-state index in [1.165, 1.54) is 0 Å². The molecule has 0 unspecified atom stereocenters. The normalized spacial score (nSPS) is 16.4. The molecule has 0 atom stereocenters. The number of benzene rings is 1. The Hall–Kier alpha value is -2.47. The molecule has 0 aliphatic carbocycles. The van der Waals surface area contributed by atoms with Gasteiger partial charge in [-0.05, 0) is 31.0 Å². The molecule has 6 nitrogen and oxygen atoms in total. The van der Waals surface area contributed by atoms with Crippen LogP contribution in [0, 0.1) is 0 Å². The third-order valence-corrected chi connectivity index (χ3v) is 4.20. The van der Waals surface area contributed by atoms with Gasteiger partial charge in [0.2, 0.25) is 0 Å². The summed E-state index contributed by atoms with van der Waals surface area (Å²) in [6.07, 6.45) is 5.48. The van der Waals surface area contributed by atoms with E-state index in [0.717, 1.165) is 42.9 Å². The molecule has 0 radical (unpaired) electrons. The number of carbonyl (C=O) groups is 1. The molecule has 0 bridgehead atoms. The molecular weight excluding hydrogens is 282 g/mol. The van der Waals surface area contributed by atoms with E-state index in [9.17, 15) is 9.90 Å². The number of aromatic nitrogens is 3. The van der Waals surface area contributed by atoms with E-state index in [2.05, 4.69) is 4.98 Å². The monoisotopic (exact) mass is 297 g/mol. The highest BCUT2D eigenvalue weighted by Crippen LogP contribution is 2.30. The Bertz CT molecular complexity index is 866. The lowest BCUT2D eigenvalue weighted by Gasteiger charge is -2.22. The SMILES string of the molecule is O=C(O)c1ccc2c(c1)nc(C1CCOCC1)c1nccn12. The fraction of sp³-hybridized carbons (Fsp3) is 0.312. The Morgan fingerprint density at radius 1 is 1.32 bits per heavy atom. The van der Waals surface area contributed by atoms with Crippen molar-refractivity contribution in [3.8, 4) is 0 Å². The van der Waals surface area contributed by atoms with E-state index in [-0.39, 0.29) is 5.56 Å². The fourth-order valence-electron chi connectivity index (χ4n) is 3.06. The third kappa shape index (κ3) is 2.03. The second kappa shape index (κ2) is 5.06. The minimum absolute atomic E-state index is 0.248. The van der Waals surface area contributed by atoms with Crippen molar-refractivity contribution in [3.05, 3.63) is 41.9 Å². The Morgan fingerprint density at radius 3 is 2.91 bits per heavy atom. The topological polar surface area (TPSA) is 76.7 Å². The number of nitrogens with zero attached hydrogens (tertiary/aromatic N) is 3. The molecule has 0 amide bonds. The van der Waals surface area contributed by atoms with Gasteiger partial charge in [-0.25, -0.2) is 14.8 Å². The van der Waals surface area contributed by atoms with Gasteiger partial charge in [0.05, 0.1) is 22.3 Å². The van der Waals surface area contributed by atoms with Crippen LogP contribution >= 0.6 is 0 Å². The third-order valence-electron chi connectivity index (χ3n) is 4.20. The number of imidazole rings is 1. The summed E-state index contributed by atoms with van der Waals surface area (Å²) in [6.45, 7) is 1.46. The molecule has 3 heterocycles. The molecule has 4 rings (SSSR count). The second-order valence-corrected chi connectivity index (χ2v) is 5.51. The van der Waals surface area contributed by atoms with E-state index in [1.54, 1.807) is 24.4 Å². The Morgan fingerprint density at radius 2 is 2.14 bits per heavy atom. The van der Waals surface area contributed by atoms with Crippen LogP contribution in [0.3, 0.4) is 0 Å². The molecule has 6 heteroatoms. The van der Waals surface area contributed by atoms with Crippen molar-refractivity contribution in [1.82, 2.24) is 14.4 Å². The number of aromatic carboxylic acids is 1. The standard InChI is InChI=1S/C16H15N3O3/c20-16(21)11-1-2-13-12(9-11)18-14(10-3-7-22-8-4-10)15-17-5-6-19(13)15/h1-2,5-6,9-10H,3-4,7-8H2,(H,20,21).